The lowest BCUT2D eigenvalue weighted by molar-refractivity contribution is 0.0681. The Morgan fingerprint density at radius 3 is 2.59 bits per heavy atom. The van der Waals surface area contributed by atoms with Gasteiger partial charge in [-0.2, -0.15) is 4.72 Å². The number of aryl methyl sites for hydroxylation is 1. The molecule has 2 N–H and O–H groups in total. The van der Waals surface area contributed by atoms with Gasteiger partial charge in [0, 0.05) is 36.9 Å². The van der Waals surface area contributed by atoms with E-state index in [4.69, 9.17) is 4.74 Å². The molecule has 0 bridgehead atoms. The highest BCUT2D eigenvalue weighted by molar-refractivity contribution is 7.89. The van der Waals surface area contributed by atoms with Crippen LogP contribution in [0.15, 0.2) is 35.2 Å². The van der Waals surface area contributed by atoms with E-state index in [0.717, 1.165) is 9.75 Å². The molecule has 4 rings (SSSR count). The number of amides is 1. The first kappa shape index (κ1) is 18.3. The number of ether oxygens (including phenoxy) is 1. The van der Waals surface area contributed by atoms with Crippen LogP contribution in [0.4, 0.5) is 5.69 Å². The number of fused-ring (bicyclic) bond motifs is 1. The molecule has 27 heavy (non-hydrogen) atoms. The van der Waals surface area contributed by atoms with Gasteiger partial charge in [-0.05, 0) is 31.2 Å². The van der Waals surface area contributed by atoms with Crippen molar-refractivity contribution >= 4 is 33.0 Å². The largest absolute Gasteiger partial charge is 0.497 e. The smallest absolute Gasteiger partial charge is 0.263 e. The number of nitrogens with zero attached hydrogens (tertiary/aromatic N) is 1. The summed E-state index contributed by atoms with van der Waals surface area (Å²) in [5, 5.41) is 3.34. The van der Waals surface area contributed by atoms with Crippen molar-refractivity contribution in [2.75, 3.05) is 25.5 Å². The maximum absolute atomic E-state index is 12.7. The number of nitrogens with one attached hydrogen (secondary N) is 2. The molecule has 1 aromatic carbocycles. The van der Waals surface area contributed by atoms with Crippen molar-refractivity contribution in [1.29, 1.82) is 0 Å². The van der Waals surface area contributed by atoms with E-state index in [1.807, 2.05) is 19.1 Å². The van der Waals surface area contributed by atoms with Crippen LogP contribution in [-0.4, -0.2) is 45.1 Å². The van der Waals surface area contributed by atoms with Crippen molar-refractivity contribution in [1.82, 2.24) is 9.62 Å². The monoisotopic (exact) mass is 407 g/mol. The van der Waals surface area contributed by atoms with Crippen molar-refractivity contribution in [3.05, 3.63) is 40.1 Å². The van der Waals surface area contributed by atoms with E-state index in [0.29, 0.717) is 37.4 Å². The molecule has 0 unspecified atom stereocenters. The average molecular weight is 408 g/mol. The third-order valence-electron chi connectivity index (χ3n) is 5.04. The van der Waals surface area contributed by atoms with Gasteiger partial charge in [0.15, 0.2) is 0 Å². The minimum atomic E-state index is -3.63. The summed E-state index contributed by atoms with van der Waals surface area (Å²) in [6.45, 7) is 2.92. The van der Waals surface area contributed by atoms with E-state index in [1.165, 1.54) is 17.4 Å². The first-order valence-corrected chi connectivity index (χ1v) is 11.0. The van der Waals surface area contributed by atoms with Crippen LogP contribution < -0.4 is 14.8 Å². The zero-order chi connectivity index (χ0) is 19.2. The summed E-state index contributed by atoms with van der Waals surface area (Å²) in [4.78, 5) is 16.5. The third-order valence-corrected chi connectivity index (χ3v) is 7.62. The fourth-order valence-corrected chi connectivity index (χ4v) is 5.95. The standard InChI is InChI=1S/C18H21N3O4S2/c1-12-3-5-15(26-12)17(22)21-9-7-18(8-10-21)19-14-11-13(25-2)4-6-16(14)27(23,24)20-18/h3-6,11,19-20H,7-10H2,1-2H3. The molecule has 7 nitrogen and oxygen atoms in total. The van der Waals surface area contributed by atoms with Crippen molar-refractivity contribution in [3.8, 4) is 5.75 Å². The van der Waals surface area contributed by atoms with Crippen molar-refractivity contribution in [2.45, 2.75) is 30.3 Å². The Morgan fingerprint density at radius 1 is 1.22 bits per heavy atom. The Kier molecular flexibility index (Phi) is 4.40. The zero-order valence-corrected chi connectivity index (χ0v) is 16.7. The normalized spacial score (nSPS) is 20.0. The predicted octanol–water partition coefficient (Wildman–Crippen LogP) is 2.40. The lowest BCUT2D eigenvalue weighted by Gasteiger charge is -2.45. The van der Waals surface area contributed by atoms with Gasteiger partial charge in [0.25, 0.3) is 5.91 Å². The SMILES string of the molecule is COc1ccc2c(c1)NC1(CCN(C(=O)c3ccc(C)s3)CC1)NS2(=O)=O. The minimum absolute atomic E-state index is 0.00341. The first-order chi connectivity index (χ1) is 12.8. The molecule has 0 atom stereocenters. The lowest BCUT2D eigenvalue weighted by atomic mass is 9.97. The van der Waals surface area contributed by atoms with Gasteiger partial charge in [0.1, 0.15) is 16.3 Å². The second-order valence-electron chi connectivity index (χ2n) is 6.88. The number of likely N-dealkylation sites (tertiary alicyclic amines) is 1. The molecular weight excluding hydrogens is 386 g/mol. The predicted molar refractivity (Wildman–Crippen MR) is 104 cm³/mol. The molecule has 0 radical (unpaired) electrons. The molecule has 9 heteroatoms. The second-order valence-corrected chi connectivity index (χ2v) is 9.82. The Balaban J connectivity index is 1.55. The van der Waals surface area contributed by atoms with Gasteiger partial charge in [0.2, 0.25) is 10.0 Å². The number of anilines is 1. The molecule has 1 spiro atoms. The van der Waals surface area contributed by atoms with Crippen molar-refractivity contribution < 1.29 is 17.9 Å². The van der Waals surface area contributed by atoms with Gasteiger partial charge in [-0.15, -0.1) is 11.3 Å². The van der Waals surface area contributed by atoms with Gasteiger partial charge in [-0.3, -0.25) is 4.79 Å². The summed E-state index contributed by atoms with van der Waals surface area (Å²) in [6, 6.07) is 8.64. The number of methoxy groups -OCH3 is 1. The van der Waals surface area contributed by atoms with E-state index < -0.39 is 15.7 Å². The molecule has 1 fully saturated rings. The maximum atomic E-state index is 12.7. The highest BCUT2D eigenvalue weighted by Gasteiger charge is 2.44. The third kappa shape index (κ3) is 3.30. The second kappa shape index (κ2) is 6.50. The van der Waals surface area contributed by atoms with Gasteiger partial charge in [-0.25, -0.2) is 8.42 Å². The van der Waals surface area contributed by atoms with E-state index in [2.05, 4.69) is 10.0 Å². The van der Waals surface area contributed by atoms with E-state index in [1.54, 1.807) is 24.1 Å². The fraction of sp³-hybridized carbons (Fsp3) is 0.389. The Labute approximate surface area is 162 Å². The van der Waals surface area contributed by atoms with E-state index >= 15 is 0 Å². The molecule has 3 heterocycles. The first-order valence-electron chi connectivity index (χ1n) is 8.68. The van der Waals surface area contributed by atoms with Crippen LogP contribution in [0.2, 0.25) is 0 Å². The van der Waals surface area contributed by atoms with Crippen LogP contribution in [0, 0.1) is 6.92 Å². The number of piperidine rings is 1. The van der Waals surface area contributed by atoms with Crippen LogP contribution in [0.5, 0.6) is 5.75 Å². The average Bonchev–Trinajstić information content (AvgIpc) is 3.07. The quantitative estimate of drug-likeness (QED) is 0.798. The molecule has 0 saturated carbocycles. The van der Waals surface area contributed by atoms with Crippen molar-refractivity contribution in [2.24, 2.45) is 0 Å². The van der Waals surface area contributed by atoms with E-state index in [-0.39, 0.29) is 10.8 Å². The zero-order valence-electron chi connectivity index (χ0n) is 15.1. The number of carbonyl (C=O) groups is 1. The highest BCUT2D eigenvalue weighted by atomic mass is 32.2. The number of hydrogen-bond acceptors (Lipinski definition) is 6. The Morgan fingerprint density at radius 2 is 1.96 bits per heavy atom. The van der Waals surface area contributed by atoms with Crippen LogP contribution in [0.1, 0.15) is 27.4 Å². The van der Waals surface area contributed by atoms with Crippen LogP contribution >= 0.6 is 11.3 Å². The van der Waals surface area contributed by atoms with Crippen molar-refractivity contribution in [3.63, 3.8) is 0 Å². The Bertz CT molecular complexity index is 992. The summed E-state index contributed by atoms with van der Waals surface area (Å²) in [6.07, 6.45) is 0.970. The highest BCUT2D eigenvalue weighted by Crippen LogP contribution is 2.37. The molecule has 1 saturated heterocycles. The van der Waals surface area contributed by atoms with Crippen LogP contribution in [-0.2, 0) is 10.0 Å². The molecule has 1 aromatic heterocycles. The number of rotatable bonds is 2. The summed E-state index contributed by atoms with van der Waals surface area (Å²) < 4.78 is 33.4. The van der Waals surface area contributed by atoms with E-state index in [9.17, 15) is 13.2 Å². The summed E-state index contributed by atoms with van der Waals surface area (Å²) >= 11 is 1.48. The lowest BCUT2D eigenvalue weighted by Crippen LogP contribution is -2.62. The van der Waals surface area contributed by atoms with Crippen LogP contribution in [0.3, 0.4) is 0 Å². The fourth-order valence-electron chi connectivity index (χ4n) is 3.59. The molecule has 1 amide bonds. The molecule has 2 aliphatic heterocycles. The molecule has 144 valence electrons. The molecule has 2 aliphatic rings. The number of hydrogen-bond donors (Lipinski definition) is 2. The van der Waals surface area contributed by atoms with Gasteiger partial charge in [0.05, 0.1) is 17.7 Å². The number of benzene rings is 1. The van der Waals surface area contributed by atoms with Crippen LogP contribution in [0.25, 0.3) is 0 Å². The molecule has 2 aromatic rings. The number of thiophene rings is 1. The maximum Gasteiger partial charge on any atom is 0.263 e. The minimum Gasteiger partial charge on any atom is -0.497 e. The van der Waals surface area contributed by atoms with Gasteiger partial charge in [-0.1, -0.05) is 0 Å². The van der Waals surface area contributed by atoms with Gasteiger partial charge < -0.3 is 15.0 Å². The summed E-state index contributed by atoms with van der Waals surface area (Å²) in [5.41, 5.74) is -0.262. The Hall–Kier alpha value is -2.10. The topological polar surface area (TPSA) is 87.7 Å². The summed E-state index contributed by atoms with van der Waals surface area (Å²) in [5.74, 6) is 0.595. The molecule has 0 aliphatic carbocycles. The molecular formula is C18H21N3O4S2. The summed E-state index contributed by atoms with van der Waals surface area (Å²) in [7, 11) is -2.09. The van der Waals surface area contributed by atoms with Gasteiger partial charge >= 0.3 is 0 Å². The number of sulfonamides is 1. The number of carbonyl (C=O) groups excluding carboxylic acids is 1.